The van der Waals surface area contributed by atoms with E-state index in [1.807, 2.05) is 0 Å². The molecule has 2 atom stereocenters. The Labute approximate surface area is 96.4 Å². The summed E-state index contributed by atoms with van der Waals surface area (Å²) < 4.78 is 0. The molecule has 2 heteroatoms. The smallest absolute Gasteiger partial charge is 0.0104 e. The van der Waals surface area contributed by atoms with E-state index < -0.39 is 0 Å². The summed E-state index contributed by atoms with van der Waals surface area (Å²) >= 11 is 0. The molecule has 0 amide bonds. The Morgan fingerprint density at radius 2 is 1.53 bits per heavy atom. The van der Waals surface area contributed by atoms with Crippen LogP contribution in [0.25, 0.3) is 0 Å². The van der Waals surface area contributed by atoms with Gasteiger partial charge in [0.25, 0.3) is 0 Å². The fourth-order valence-electron chi connectivity index (χ4n) is 1.51. The average molecular weight is 214 g/mol. The van der Waals surface area contributed by atoms with E-state index in [0.717, 1.165) is 6.54 Å². The quantitative estimate of drug-likeness (QED) is 0.757. The summed E-state index contributed by atoms with van der Waals surface area (Å²) in [6.07, 6.45) is 0. The first kappa shape index (κ1) is 14.9. The van der Waals surface area contributed by atoms with Gasteiger partial charge in [-0.15, -0.1) is 0 Å². The van der Waals surface area contributed by atoms with Crippen molar-refractivity contribution in [1.29, 1.82) is 0 Å². The van der Waals surface area contributed by atoms with Crippen LogP contribution in [-0.2, 0) is 0 Å². The van der Waals surface area contributed by atoms with Gasteiger partial charge in [-0.05, 0) is 61.1 Å². The van der Waals surface area contributed by atoms with E-state index in [4.69, 9.17) is 0 Å². The monoisotopic (exact) mass is 214 g/mol. The third-order valence-corrected chi connectivity index (χ3v) is 3.23. The zero-order chi connectivity index (χ0) is 12.2. The van der Waals surface area contributed by atoms with E-state index in [1.54, 1.807) is 0 Å². The molecule has 2 unspecified atom stereocenters. The van der Waals surface area contributed by atoms with Gasteiger partial charge in [-0.25, -0.2) is 0 Å². The van der Waals surface area contributed by atoms with Crippen LogP contribution in [0.3, 0.4) is 0 Å². The summed E-state index contributed by atoms with van der Waals surface area (Å²) in [5, 5.41) is 3.57. The average Bonchev–Trinajstić information content (AvgIpc) is 2.10. The summed E-state index contributed by atoms with van der Waals surface area (Å²) in [7, 11) is 2.21. The van der Waals surface area contributed by atoms with Gasteiger partial charge in [0, 0.05) is 17.6 Å². The third-order valence-electron chi connectivity index (χ3n) is 3.23. The molecule has 0 radical (unpaired) electrons. The van der Waals surface area contributed by atoms with Crippen molar-refractivity contribution < 1.29 is 0 Å². The molecule has 0 spiro atoms. The third kappa shape index (κ3) is 6.16. The van der Waals surface area contributed by atoms with Gasteiger partial charge >= 0.3 is 0 Å². The maximum absolute atomic E-state index is 3.57. The van der Waals surface area contributed by atoms with Gasteiger partial charge in [-0.1, -0.05) is 6.92 Å². The van der Waals surface area contributed by atoms with E-state index in [0.29, 0.717) is 18.0 Å². The first-order valence-electron chi connectivity index (χ1n) is 6.12. The van der Waals surface area contributed by atoms with E-state index in [2.05, 4.69) is 65.7 Å². The van der Waals surface area contributed by atoms with Crippen LogP contribution in [0.5, 0.6) is 0 Å². The lowest BCUT2D eigenvalue weighted by molar-refractivity contribution is 0.154. The number of hydrogen-bond acceptors (Lipinski definition) is 2. The fourth-order valence-corrected chi connectivity index (χ4v) is 1.51. The van der Waals surface area contributed by atoms with Gasteiger partial charge in [0.2, 0.25) is 0 Å². The van der Waals surface area contributed by atoms with Crippen LogP contribution in [0, 0.1) is 5.92 Å². The second kappa shape index (κ2) is 5.86. The van der Waals surface area contributed by atoms with Crippen LogP contribution in [0.4, 0.5) is 0 Å². The minimum atomic E-state index is 0.227. The van der Waals surface area contributed by atoms with Crippen LogP contribution in [0.2, 0.25) is 0 Å². The molecular formula is C13H30N2. The minimum absolute atomic E-state index is 0.227. The van der Waals surface area contributed by atoms with Gasteiger partial charge in [0.15, 0.2) is 0 Å². The van der Waals surface area contributed by atoms with Crippen molar-refractivity contribution in [2.45, 2.75) is 66.1 Å². The molecule has 0 aliphatic heterocycles. The molecule has 0 rings (SSSR count). The lowest BCUT2D eigenvalue weighted by Crippen LogP contribution is -2.46. The van der Waals surface area contributed by atoms with E-state index in [-0.39, 0.29) is 5.54 Å². The molecule has 0 saturated heterocycles. The number of rotatable bonds is 5. The topological polar surface area (TPSA) is 15.3 Å². The van der Waals surface area contributed by atoms with Gasteiger partial charge in [-0.3, -0.25) is 0 Å². The molecule has 0 aliphatic carbocycles. The second-order valence-electron chi connectivity index (χ2n) is 6.11. The highest BCUT2D eigenvalue weighted by Gasteiger charge is 2.20. The molecule has 0 aromatic carbocycles. The molecule has 0 bridgehead atoms. The van der Waals surface area contributed by atoms with Crippen LogP contribution in [0.15, 0.2) is 0 Å². The van der Waals surface area contributed by atoms with Crippen molar-refractivity contribution in [3.05, 3.63) is 0 Å². The molecule has 92 valence electrons. The molecular weight excluding hydrogens is 184 g/mol. The largest absolute Gasteiger partial charge is 0.312 e. The molecule has 0 saturated carbocycles. The molecule has 0 aromatic heterocycles. The number of nitrogens with one attached hydrogen (secondary N) is 1. The maximum Gasteiger partial charge on any atom is 0.0104 e. The van der Waals surface area contributed by atoms with Crippen LogP contribution < -0.4 is 5.32 Å². The predicted octanol–water partition coefficient (Wildman–Crippen LogP) is 2.74. The summed E-state index contributed by atoms with van der Waals surface area (Å²) in [4.78, 5) is 2.44. The van der Waals surface area contributed by atoms with Crippen molar-refractivity contribution in [2.24, 2.45) is 5.92 Å². The minimum Gasteiger partial charge on any atom is -0.312 e. The molecule has 2 nitrogen and oxygen atoms in total. The number of nitrogens with zero attached hydrogens (tertiary/aromatic N) is 1. The van der Waals surface area contributed by atoms with Gasteiger partial charge in [0.1, 0.15) is 0 Å². The second-order valence-corrected chi connectivity index (χ2v) is 6.11. The lowest BCUT2D eigenvalue weighted by Gasteiger charge is -2.34. The zero-order valence-electron chi connectivity index (χ0n) is 11.9. The van der Waals surface area contributed by atoms with Crippen LogP contribution in [0.1, 0.15) is 48.5 Å². The maximum atomic E-state index is 3.57. The fraction of sp³-hybridized carbons (Fsp3) is 1.00. The summed E-state index contributed by atoms with van der Waals surface area (Å²) in [6, 6.07) is 1.25. The van der Waals surface area contributed by atoms with Crippen molar-refractivity contribution in [1.82, 2.24) is 10.2 Å². The Hall–Kier alpha value is -0.0800. The Kier molecular flexibility index (Phi) is 5.82. The zero-order valence-corrected chi connectivity index (χ0v) is 11.9. The first-order chi connectivity index (χ1) is 6.65. The summed E-state index contributed by atoms with van der Waals surface area (Å²) in [6.45, 7) is 16.9. The normalized spacial score (nSPS) is 17.2. The van der Waals surface area contributed by atoms with Gasteiger partial charge in [0.05, 0.1) is 0 Å². The highest BCUT2D eigenvalue weighted by molar-refractivity contribution is 4.78. The summed E-state index contributed by atoms with van der Waals surface area (Å²) in [5.41, 5.74) is 0.227. The van der Waals surface area contributed by atoms with Crippen molar-refractivity contribution in [2.75, 3.05) is 13.6 Å². The number of hydrogen-bond donors (Lipinski definition) is 1. The summed E-state index contributed by atoms with van der Waals surface area (Å²) in [5.74, 6) is 0.677. The Bertz CT molecular complexity index is 170. The Balaban J connectivity index is 4.04. The predicted molar refractivity (Wildman–Crippen MR) is 69.3 cm³/mol. The van der Waals surface area contributed by atoms with E-state index in [1.165, 1.54) is 0 Å². The Morgan fingerprint density at radius 1 is 1.07 bits per heavy atom. The highest BCUT2D eigenvalue weighted by atomic mass is 15.2. The molecule has 0 heterocycles. The molecule has 0 aliphatic rings. The standard InChI is InChI=1S/C13H30N2/c1-10(2)15(8)12(4)11(3)9-14-13(5,6)7/h10-12,14H,9H2,1-8H3. The highest BCUT2D eigenvalue weighted by Crippen LogP contribution is 2.12. The van der Waals surface area contributed by atoms with Crippen molar-refractivity contribution in [3.63, 3.8) is 0 Å². The van der Waals surface area contributed by atoms with Gasteiger partial charge < -0.3 is 10.2 Å². The van der Waals surface area contributed by atoms with Crippen molar-refractivity contribution in [3.8, 4) is 0 Å². The van der Waals surface area contributed by atoms with E-state index >= 15 is 0 Å². The van der Waals surface area contributed by atoms with Crippen LogP contribution in [-0.4, -0.2) is 36.1 Å². The Morgan fingerprint density at radius 3 is 1.87 bits per heavy atom. The van der Waals surface area contributed by atoms with Crippen molar-refractivity contribution >= 4 is 0 Å². The van der Waals surface area contributed by atoms with Crippen LogP contribution >= 0.6 is 0 Å². The molecule has 15 heavy (non-hydrogen) atoms. The lowest BCUT2D eigenvalue weighted by atomic mass is 9.99. The van der Waals surface area contributed by atoms with E-state index in [9.17, 15) is 0 Å². The molecule has 0 aromatic rings. The SMILES string of the molecule is CC(CNC(C)(C)C)C(C)N(C)C(C)C. The van der Waals surface area contributed by atoms with Gasteiger partial charge in [-0.2, -0.15) is 0 Å². The molecule has 1 N–H and O–H groups in total. The first-order valence-corrected chi connectivity index (χ1v) is 6.12. The molecule has 0 fully saturated rings.